The topological polar surface area (TPSA) is 237 Å². The number of phosphoric ester groups is 2. The lowest BCUT2D eigenvalue weighted by Crippen LogP contribution is -2.30. The zero-order valence-electron chi connectivity index (χ0n) is 62.0. The summed E-state index contributed by atoms with van der Waals surface area (Å²) in [5.74, 6) is -0.552. The molecule has 564 valence electrons. The average molecular weight is 1400 g/mol. The predicted molar refractivity (Wildman–Crippen MR) is 386 cm³/mol. The maximum absolute atomic E-state index is 13.1. The Kier molecular flexibility index (Phi) is 66.5. The second-order valence-electron chi connectivity index (χ2n) is 28.1. The quantitative estimate of drug-likeness (QED) is 0.0222. The molecule has 0 aromatic heterocycles. The van der Waals surface area contributed by atoms with Crippen molar-refractivity contribution in [1.82, 2.24) is 0 Å². The molecule has 0 fully saturated rings. The Labute approximate surface area is 581 Å². The number of ether oxygens (including phenoxy) is 4. The third-order valence-corrected chi connectivity index (χ3v) is 20.0. The Hall–Kier alpha value is -1.94. The second-order valence-corrected chi connectivity index (χ2v) is 31.0. The highest BCUT2D eigenvalue weighted by molar-refractivity contribution is 7.47. The van der Waals surface area contributed by atoms with Gasteiger partial charge in [-0.2, -0.15) is 0 Å². The van der Waals surface area contributed by atoms with Gasteiger partial charge < -0.3 is 33.8 Å². The van der Waals surface area contributed by atoms with Gasteiger partial charge in [-0.3, -0.25) is 37.3 Å². The van der Waals surface area contributed by atoms with Crippen LogP contribution in [0.15, 0.2) is 0 Å². The molecule has 17 nitrogen and oxygen atoms in total. The van der Waals surface area contributed by atoms with E-state index in [-0.39, 0.29) is 25.7 Å². The molecule has 3 unspecified atom stereocenters. The number of unbranched alkanes of at least 4 members (excludes halogenated alkanes) is 44. The highest BCUT2D eigenvalue weighted by atomic mass is 31.2. The Morgan fingerprint density at radius 2 is 0.537 bits per heavy atom. The van der Waals surface area contributed by atoms with Crippen LogP contribution in [0.25, 0.3) is 0 Å². The summed E-state index contributed by atoms with van der Waals surface area (Å²) >= 11 is 0. The van der Waals surface area contributed by atoms with Gasteiger partial charge in [-0.25, -0.2) is 9.13 Å². The summed E-state index contributed by atoms with van der Waals surface area (Å²) in [6.45, 7) is 9.57. The summed E-state index contributed by atoms with van der Waals surface area (Å²) in [4.78, 5) is 72.7. The second kappa shape index (κ2) is 67.9. The first-order chi connectivity index (χ1) is 45.9. The molecular weight excluding hydrogens is 1250 g/mol. The fourth-order valence-corrected chi connectivity index (χ4v) is 13.2. The highest BCUT2D eigenvalue weighted by Crippen LogP contribution is 2.45. The molecule has 0 rings (SSSR count). The van der Waals surface area contributed by atoms with Crippen molar-refractivity contribution in [2.24, 2.45) is 11.8 Å². The summed E-state index contributed by atoms with van der Waals surface area (Å²) < 4.78 is 68.4. The van der Waals surface area contributed by atoms with Crippen LogP contribution in [-0.4, -0.2) is 96.7 Å². The van der Waals surface area contributed by atoms with Crippen molar-refractivity contribution in [3.8, 4) is 0 Å². The fraction of sp³-hybridized carbons (Fsp3) is 0.947. The summed E-state index contributed by atoms with van der Waals surface area (Å²) in [6, 6.07) is 0. The van der Waals surface area contributed by atoms with Crippen LogP contribution in [0.4, 0.5) is 0 Å². The first kappa shape index (κ1) is 93.1. The van der Waals surface area contributed by atoms with E-state index >= 15 is 0 Å². The van der Waals surface area contributed by atoms with Crippen LogP contribution >= 0.6 is 15.6 Å². The summed E-state index contributed by atoms with van der Waals surface area (Å²) in [5, 5.41) is 10.6. The third-order valence-electron chi connectivity index (χ3n) is 18.1. The fourth-order valence-electron chi connectivity index (χ4n) is 11.6. The highest BCUT2D eigenvalue weighted by Gasteiger charge is 2.30. The average Bonchev–Trinajstić information content (AvgIpc) is 2.22. The van der Waals surface area contributed by atoms with Crippen LogP contribution in [-0.2, 0) is 65.4 Å². The minimum atomic E-state index is -4.96. The summed E-state index contributed by atoms with van der Waals surface area (Å²) in [5.41, 5.74) is 0. The van der Waals surface area contributed by atoms with E-state index in [4.69, 9.17) is 37.0 Å². The number of carbonyl (C=O) groups excluding carboxylic acids is 4. The van der Waals surface area contributed by atoms with E-state index in [1.165, 1.54) is 199 Å². The third kappa shape index (κ3) is 69.0. The normalized spacial score (nSPS) is 14.3. The molecule has 19 heteroatoms. The molecule has 95 heavy (non-hydrogen) atoms. The molecule has 0 aliphatic carbocycles. The van der Waals surface area contributed by atoms with Crippen LogP contribution in [0.1, 0.15) is 395 Å². The molecule has 0 radical (unpaired) electrons. The number of hydrogen-bond donors (Lipinski definition) is 3. The lowest BCUT2D eigenvalue weighted by Gasteiger charge is -2.21. The predicted octanol–water partition coefficient (Wildman–Crippen LogP) is 22.3. The van der Waals surface area contributed by atoms with Crippen molar-refractivity contribution >= 4 is 39.5 Å². The number of aliphatic hydroxyl groups excluding tert-OH is 1. The molecule has 0 aromatic carbocycles. The number of phosphoric acid groups is 2. The van der Waals surface area contributed by atoms with Gasteiger partial charge in [-0.15, -0.1) is 0 Å². The molecule has 3 N–H and O–H groups in total. The van der Waals surface area contributed by atoms with Gasteiger partial charge in [0, 0.05) is 25.7 Å². The molecule has 0 heterocycles. The molecule has 0 saturated carbocycles. The van der Waals surface area contributed by atoms with Crippen molar-refractivity contribution < 1.29 is 80.2 Å². The van der Waals surface area contributed by atoms with Crippen LogP contribution in [0, 0.1) is 11.8 Å². The number of hydrogen-bond acceptors (Lipinski definition) is 15. The summed E-state index contributed by atoms with van der Waals surface area (Å²) in [6.07, 6.45) is 55.7. The maximum Gasteiger partial charge on any atom is 0.472 e. The maximum atomic E-state index is 13.1. The lowest BCUT2D eigenvalue weighted by atomic mass is 9.99. The minimum Gasteiger partial charge on any atom is -0.462 e. The van der Waals surface area contributed by atoms with Crippen molar-refractivity contribution in [1.29, 1.82) is 0 Å². The Morgan fingerprint density at radius 3 is 0.800 bits per heavy atom. The van der Waals surface area contributed by atoms with Crippen LogP contribution in [0.2, 0.25) is 0 Å². The largest absolute Gasteiger partial charge is 0.472 e. The number of aliphatic hydroxyl groups is 1. The van der Waals surface area contributed by atoms with E-state index in [0.717, 1.165) is 115 Å². The Bertz CT molecular complexity index is 1840. The molecule has 0 spiro atoms. The molecular formula is C76H148O17P2. The zero-order valence-corrected chi connectivity index (χ0v) is 63.8. The van der Waals surface area contributed by atoms with E-state index in [1.54, 1.807) is 0 Å². The SMILES string of the molecule is CCCCCCCCCCCCCCCCCCCCCC(=O)O[C@H](COC(=O)CCCCCCCCCCCCCCCCC(C)C)COP(=O)(O)OC[C@@H](O)COP(=O)(O)OC[C@@H](COC(=O)CCCCCCCCC)OC(=O)CCCCCCCCCCC(C)CC. The van der Waals surface area contributed by atoms with Gasteiger partial charge in [0.15, 0.2) is 12.2 Å². The molecule has 6 atom stereocenters. The number of rotatable bonds is 75. The first-order valence-corrected chi connectivity index (χ1v) is 42.5. The van der Waals surface area contributed by atoms with Gasteiger partial charge >= 0.3 is 39.5 Å². The van der Waals surface area contributed by atoms with Crippen molar-refractivity contribution in [2.45, 2.75) is 413 Å². The van der Waals surface area contributed by atoms with Crippen molar-refractivity contribution in [2.75, 3.05) is 39.6 Å². The zero-order chi connectivity index (χ0) is 70.0. The van der Waals surface area contributed by atoms with Crippen molar-refractivity contribution in [3.05, 3.63) is 0 Å². The Morgan fingerprint density at radius 1 is 0.305 bits per heavy atom. The van der Waals surface area contributed by atoms with E-state index in [1.807, 2.05) is 0 Å². The van der Waals surface area contributed by atoms with Crippen LogP contribution < -0.4 is 0 Å². The van der Waals surface area contributed by atoms with Crippen molar-refractivity contribution in [3.63, 3.8) is 0 Å². The molecule has 0 aliphatic heterocycles. The van der Waals surface area contributed by atoms with Gasteiger partial charge in [0.1, 0.15) is 19.3 Å². The standard InChI is InChI=1S/C76H148O17P2/c1-7-10-12-14-16-17-18-19-20-21-22-23-24-29-32-35-42-48-54-60-75(80)92-72(65-87-74(79)59-53-47-41-34-31-28-26-25-27-30-33-39-44-50-56-68(4)5)67-91-95(84,85)89-63-70(77)62-88-94(82,83)90-66-71(64-86-73(78)58-52-46-38-15-13-11-8-2)93-76(81)61-55-49-43-37-36-40-45-51-57-69(6)9-3/h68-72,77H,7-67H2,1-6H3,(H,82,83)(H,84,85)/t69?,70-,71+,72+/m0/s1. The van der Waals surface area contributed by atoms with Gasteiger partial charge in [0.25, 0.3) is 0 Å². The molecule has 0 amide bonds. The first-order valence-electron chi connectivity index (χ1n) is 39.5. The Balaban J connectivity index is 5.19. The monoisotopic (exact) mass is 1400 g/mol. The van der Waals surface area contributed by atoms with E-state index in [2.05, 4.69) is 41.5 Å². The van der Waals surface area contributed by atoms with Gasteiger partial charge in [-0.1, -0.05) is 343 Å². The summed E-state index contributed by atoms with van der Waals surface area (Å²) in [7, 11) is -9.91. The van der Waals surface area contributed by atoms with E-state index < -0.39 is 97.5 Å². The molecule has 0 aliphatic rings. The van der Waals surface area contributed by atoms with Gasteiger partial charge in [0.05, 0.1) is 26.4 Å². The molecule has 0 saturated heterocycles. The minimum absolute atomic E-state index is 0.105. The smallest absolute Gasteiger partial charge is 0.462 e. The van der Waals surface area contributed by atoms with Crippen LogP contribution in [0.5, 0.6) is 0 Å². The van der Waals surface area contributed by atoms with E-state index in [9.17, 15) is 43.2 Å². The van der Waals surface area contributed by atoms with E-state index in [0.29, 0.717) is 25.7 Å². The van der Waals surface area contributed by atoms with Crippen LogP contribution in [0.3, 0.4) is 0 Å². The molecule has 0 bridgehead atoms. The molecule has 0 aromatic rings. The number of esters is 4. The lowest BCUT2D eigenvalue weighted by molar-refractivity contribution is -0.161. The number of carbonyl (C=O) groups is 4. The van der Waals surface area contributed by atoms with Gasteiger partial charge in [0.2, 0.25) is 0 Å². The van der Waals surface area contributed by atoms with Gasteiger partial charge in [-0.05, 0) is 37.5 Å².